The number of methoxy groups -OCH3 is 1. The first kappa shape index (κ1) is 35.8. The summed E-state index contributed by atoms with van der Waals surface area (Å²) in [5.41, 5.74) is 2.37. The van der Waals surface area contributed by atoms with E-state index in [9.17, 15) is 13.2 Å². The van der Waals surface area contributed by atoms with Gasteiger partial charge < -0.3 is 29.2 Å². The van der Waals surface area contributed by atoms with Crippen LogP contribution in [0.5, 0.6) is 5.75 Å². The Morgan fingerprint density at radius 3 is 2.55 bits per heavy atom. The number of ketones is 1. The van der Waals surface area contributed by atoms with E-state index in [1.807, 2.05) is 45.0 Å². The quantitative estimate of drug-likeness (QED) is 0.269. The number of rotatable bonds is 15. The molecule has 0 aromatic heterocycles. The molecule has 3 aliphatic rings. The van der Waals surface area contributed by atoms with Crippen LogP contribution in [0.3, 0.4) is 0 Å². The van der Waals surface area contributed by atoms with E-state index in [2.05, 4.69) is 16.3 Å². The van der Waals surface area contributed by atoms with Gasteiger partial charge in [-0.2, -0.15) is 4.31 Å². The molecule has 2 saturated heterocycles. The maximum atomic E-state index is 14.2. The molecule has 260 valence electrons. The Balaban J connectivity index is 1.27. The molecule has 47 heavy (non-hydrogen) atoms. The van der Waals surface area contributed by atoms with Gasteiger partial charge in [0.2, 0.25) is 10.0 Å². The summed E-state index contributed by atoms with van der Waals surface area (Å²) < 4.78 is 52.9. The van der Waals surface area contributed by atoms with Crippen LogP contribution in [0.2, 0.25) is 0 Å². The van der Waals surface area contributed by atoms with Gasteiger partial charge in [-0.05, 0) is 75.3 Å². The number of hydrogen-bond acceptors (Lipinski definition) is 9. The van der Waals surface area contributed by atoms with Crippen LogP contribution in [0, 0.1) is 12.3 Å². The third-order valence-corrected chi connectivity index (χ3v) is 11.7. The van der Waals surface area contributed by atoms with Crippen molar-refractivity contribution in [3.8, 4) is 5.75 Å². The molecule has 2 aromatic carbocycles. The Morgan fingerprint density at radius 1 is 1.04 bits per heavy atom. The van der Waals surface area contributed by atoms with Crippen molar-refractivity contribution in [2.24, 2.45) is 5.41 Å². The lowest BCUT2D eigenvalue weighted by Crippen LogP contribution is -2.52. The highest BCUT2D eigenvalue weighted by atomic mass is 32.2. The maximum Gasteiger partial charge on any atom is 0.243 e. The average Bonchev–Trinajstić information content (AvgIpc) is 3.07. The topological polar surface area (TPSA) is 107 Å². The molecule has 0 bridgehead atoms. The molecule has 11 heteroatoms. The van der Waals surface area contributed by atoms with Gasteiger partial charge in [0.05, 0.1) is 36.4 Å². The number of ether oxygens (including phenoxy) is 4. The van der Waals surface area contributed by atoms with E-state index in [1.54, 1.807) is 23.5 Å². The van der Waals surface area contributed by atoms with Crippen LogP contribution < -0.4 is 15.0 Å². The SMILES string of the molecule is COCCCN1CCOc2ccc(CO[C@@H]3CC[C@@H](CC(C)(C)C(=O)CNC4CCOCC4)N(S(=O)(=O)c4ccc(C)cc4)C3)cc21. The van der Waals surface area contributed by atoms with Gasteiger partial charge in [-0.1, -0.05) is 37.6 Å². The Bertz CT molecular complexity index is 1430. The summed E-state index contributed by atoms with van der Waals surface area (Å²) in [6.45, 7) is 11.2. The van der Waals surface area contributed by atoms with Crippen LogP contribution in [0.1, 0.15) is 63.5 Å². The predicted molar refractivity (Wildman–Crippen MR) is 183 cm³/mol. The number of carbonyl (C=O) groups excluding carboxylic acids is 1. The standard InChI is InChI=1S/C36H53N3O7S/c1-27-6-11-32(12-7-27)47(41,42)39-25-31(10-9-30(39)23-36(2,3)35(40)24-37-29-14-19-44-20-15-29)46-26-28-8-13-34-33(22-28)38(17-21-45-34)16-5-18-43-4/h6-8,11-13,22,29-31,37H,5,9-10,14-21,23-26H2,1-4H3/t30-,31+/m0/s1. The number of benzene rings is 2. The van der Waals surface area contributed by atoms with Gasteiger partial charge in [0.15, 0.2) is 5.78 Å². The fourth-order valence-corrected chi connectivity index (χ4v) is 8.46. The van der Waals surface area contributed by atoms with Crippen molar-refractivity contribution in [2.45, 2.75) is 89.0 Å². The lowest BCUT2D eigenvalue weighted by Gasteiger charge is -2.41. The van der Waals surface area contributed by atoms with Crippen molar-refractivity contribution in [3.63, 3.8) is 0 Å². The highest BCUT2D eigenvalue weighted by Crippen LogP contribution is 2.36. The van der Waals surface area contributed by atoms with Crippen molar-refractivity contribution in [3.05, 3.63) is 53.6 Å². The Morgan fingerprint density at radius 2 is 1.81 bits per heavy atom. The lowest BCUT2D eigenvalue weighted by molar-refractivity contribution is -0.127. The molecule has 0 unspecified atom stereocenters. The van der Waals surface area contributed by atoms with E-state index in [0.29, 0.717) is 52.3 Å². The first-order chi connectivity index (χ1) is 22.6. The monoisotopic (exact) mass is 671 g/mol. The van der Waals surface area contributed by atoms with Crippen molar-refractivity contribution in [1.82, 2.24) is 9.62 Å². The molecule has 0 saturated carbocycles. The Labute approximate surface area is 281 Å². The number of sulfonamides is 1. The van der Waals surface area contributed by atoms with Crippen LogP contribution in [0.25, 0.3) is 0 Å². The number of aryl methyl sites for hydroxylation is 1. The van der Waals surface area contributed by atoms with E-state index in [-0.39, 0.29) is 42.0 Å². The summed E-state index contributed by atoms with van der Waals surface area (Å²) in [4.78, 5) is 16.1. The van der Waals surface area contributed by atoms with E-state index in [4.69, 9.17) is 18.9 Å². The molecular weight excluding hydrogens is 618 g/mol. The first-order valence-electron chi connectivity index (χ1n) is 17.1. The average molecular weight is 672 g/mol. The summed E-state index contributed by atoms with van der Waals surface area (Å²) in [5, 5.41) is 3.41. The van der Waals surface area contributed by atoms with Gasteiger partial charge in [-0.3, -0.25) is 4.79 Å². The smallest absolute Gasteiger partial charge is 0.243 e. The van der Waals surface area contributed by atoms with Gasteiger partial charge in [-0.25, -0.2) is 8.42 Å². The number of Topliss-reactive ketones (excluding diaryl/α,β-unsaturated/α-hetero) is 1. The summed E-state index contributed by atoms with van der Waals surface area (Å²) >= 11 is 0. The highest BCUT2D eigenvalue weighted by Gasteiger charge is 2.42. The number of nitrogens with zero attached hydrogens (tertiary/aromatic N) is 2. The molecule has 2 fully saturated rings. The minimum Gasteiger partial charge on any atom is -0.490 e. The molecule has 2 aromatic rings. The van der Waals surface area contributed by atoms with Gasteiger partial charge in [-0.15, -0.1) is 0 Å². The molecule has 1 N–H and O–H groups in total. The number of piperidine rings is 1. The second-order valence-electron chi connectivity index (χ2n) is 13.8. The molecule has 2 atom stereocenters. The Hall–Kier alpha value is -2.54. The molecule has 3 aliphatic heterocycles. The normalized spacial score (nSPS) is 21.3. The number of hydrogen-bond donors (Lipinski definition) is 1. The second-order valence-corrected chi connectivity index (χ2v) is 15.7. The fourth-order valence-electron chi connectivity index (χ4n) is 6.78. The number of carbonyl (C=O) groups is 1. The summed E-state index contributed by atoms with van der Waals surface area (Å²) in [7, 11) is -2.10. The zero-order valence-corrected chi connectivity index (χ0v) is 29.4. The van der Waals surface area contributed by atoms with E-state index < -0.39 is 15.4 Å². The minimum absolute atomic E-state index is 0.0997. The van der Waals surface area contributed by atoms with E-state index >= 15 is 0 Å². The summed E-state index contributed by atoms with van der Waals surface area (Å²) in [6.07, 6.45) is 4.23. The van der Waals surface area contributed by atoms with Crippen molar-refractivity contribution >= 4 is 21.5 Å². The third-order valence-electron chi connectivity index (χ3n) is 9.76. The number of fused-ring (bicyclic) bond motifs is 1. The zero-order valence-electron chi connectivity index (χ0n) is 28.5. The lowest BCUT2D eigenvalue weighted by atomic mass is 9.79. The molecule has 3 heterocycles. The van der Waals surface area contributed by atoms with Crippen molar-refractivity contribution in [2.75, 3.05) is 64.6 Å². The van der Waals surface area contributed by atoms with Crippen molar-refractivity contribution < 1.29 is 32.2 Å². The van der Waals surface area contributed by atoms with Gasteiger partial charge in [0.25, 0.3) is 0 Å². The maximum absolute atomic E-state index is 14.2. The molecular formula is C36H53N3O7S. The second kappa shape index (κ2) is 16.2. The van der Waals surface area contributed by atoms with E-state index in [0.717, 1.165) is 54.9 Å². The van der Waals surface area contributed by atoms with Crippen LogP contribution in [0.4, 0.5) is 5.69 Å². The van der Waals surface area contributed by atoms with Gasteiger partial charge in [0, 0.05) is 57.5 Å². The molecule has 0 spiro atoms. The van der Waals surface area contributed by atoms with Crippen LogP contribution >= 0.6 is 0 Å². The fraction of sp³-hybridized carbons (Fsp3) is 0.639. The van der Waals surface area contributed by atoms with E-state index in [1.165, 1.54) is 0 Å². The molecule has 5 rings (SSSR count). The molecule has 10 nitrogen and oxygen atoms in total. The summed E-state index contributed by atoms with van der Waals surface area (Å²) in [6, 6.07) is 13.1. The number of nitrogens with one attached hydrogen (secondary N) is 1. The third kappa shape index (κ3) is 9.33. The highest BCUT2D eigenvalue weighted by molar-refractivity contribution is 7.89. The summed E-state index contributed by atoms with van der Waals surface area (Å²) in [5.74, 6) is 0.969. The van der Waals surface area contributed by atoms with Crippen LogP contribution in [-0.4, -0.2) is 96.4 Å². The minimum atomic E-state index is -3.82. The Kier molecular flexibility index (Phi) is 12.4. The van der Waals surface area contributed by atoms with Crippen LogP contribution in [0.15, 0.2) is 47.4 Å². The van der Waals surface area contributed by atoms with Crippen molar-refractivity contribution in [1.29, 1.82) is 0 Å². The zero-order chi connectivity index (χ0) is 33.4. The molecule has 0 amide bonds. The predicted octanol–water partition coefficient (Wildman–Crippen LogP) is 4.72. The van der Waals surface area contributed by atoms with Gasteiger partial charge in [0.1, 0.15) is 12.4 Å². The number of anilines is 1. The first-order valence-corrected chi connectivity index (χ1v) is 18.5. The molecule has 0 radical (unpaired) electrons. The largest absolute Gasteiger partial charge is 0.490 e. The molecule has 0 aliphatic carbocycles. The van der Waals surface area contributed by atoms with Gasteiger partial charge >= 0.3 is 0 Å². The van der Waals surface area contributed by atoms with Crippen LogP contribution in [-0.2, 0) is 35.6 Å².